The van der Waals surface area contributed by atoms with E-state index in [9.17, 15) is 9.90 Å². The first-order valence-electron chi connectivity index (χ1n) is 10.5. The monoisotopic (exact) mass is 387 g/mol. The maximum atomic E-state index is 12.4. The Bertz CT molecular complexity index is 766. The van der Waals surface area contributed by atoms with Crippen molar-refractivity contribution < 1.29 is 19.7 Å². The molecule has 5 heteroatoms. The summed E-state index contributed by atoms with van der Waals surface area (Å²) in [5.74, 6) is 1.22. The summed E-state index contributed by atoms with van der Waals surface area (Å²) >= 11 is 0. The molecule has 3 aliphatic rings. The van der Waals surface area contributed by atoms with Crippen molar-refractivity contribution >= 4 is 5.91 Å². The van der Waals surface area contributed by atoms with Crippen molar-refractivity contribution in [2.75, 3.05) is 13.2 Å². The van der Waals surface area contributed by atoms with E-state index in [1.54, 1.807) is 0 Å². The molecule has 1 aliphatic heterocycles. The largest absolute Gasteiger partial charge is 0.507 e. The molecule has 2 aliphatic carbocycles. The highest BCUT2D eigenvalue weighted by Crippen LogP contribution is 2.70. The van der Waals surface area contributed by atoms with Gasteiger partial charge in [0.25, 0.3) is 0 Å². The standard InChI is InChI=1S/C23H33NO4/c1-13-9-15(10-14(2)19(13)27)20-17-11-16-12-23(17,6-8-28-20)21(22(16,3)4)24-18(26)5-7-25/h9-10,16-17,20-21,25,27H,5-8,11-12H2,1-4H3,(H,24,26)/t16-,17-,20-,21+,23-/m1/s1. The number of carbonyl (C=O) groups excluding carboxylic acids is 1. The van der Waals surface area contributed by atoms with Crippen LogP contribution in [0.1, 0.15) is 62.3 Å². The van der Waals surface area contributed by atoms with Gasteiger partial charge >= 0.3 is 0 Å². The first kappa shape index (κ1) is 19.7. The van der Waals surface area contributed by atoms with Crippen LogP contribution in [-0.2, 0) is 9.53 Å². The number of rotatable bonds is 4. The molecule has 154 valence electrons. The minimum Gasteiger partial charge on any atom is -0.507 e. The zero-order valence-electron chi connectivity index (χ0n) is 17.4. The van der Waals surface area contributed by atoms with E-state index in [0.717, 1.165) is 36.0 Å². The van der Waals surface area contributed by atoms with Crippen LogP contribution in [0, 0.1) is 36.5 Å². The third kappa shape index (κ3) is 2.78. The number of carbonyl (C=O) groups is 1. The van der Waals surface area contributed by atoms with Gasteiger partial charge in [0.15, 0.2) is 0 Å². The highest BCUT2D eigenvalue weighted by Gasteiger charge is 2.68. The molecule has 1 aromatic carbocycles. The topological polar surface area (TPSA) is 78.8 Å². The fraction of sp³-hybridized carbons (Fsp3) is 0.696. The maximum absolute atomic E-state index is 12.4. The van der Waals surface area contributed by atoms with Crippen LogP contribution in [0.2, 0.25) is 0 Å². The first-order chi connectivity index (χ1) is 13.2. The average molecular weight is 388 g/mol. The lowest BCUT2D eigenvalue weighted by atomic mass is 9.58. The highest BCUT2D eigenvalue weighted by atomic mass is 16.5. The number of aromatic hydroxyl groups is 1. The Morgan fingerprint density at radius 1 is 1.29 bits per heavy atom. The van der Waals surface area contributed by atoms with Crippen LogP contribution >= 0.6 is 0 Å². The summed E-state index contributed by atoms with van der Waals surface area (Å²) in [6.07, 6.45) is 3.38. The first-order valence-corrected chi connectivity index (χ1v) is 10.5. The number of phenolic OH excluding ortho intramolecular Hbond substituents is 1. The quantitative estimate of drug-likeness (QED) is 0.740. The number of aliphatic hydroxyl groups is 1. The number of nitrogens with one attached hydrogen (secondary N) is 1. The smallest absolute Gasteiger partial charge is 0.222 e. The van der Waals surface area contributed by atoms with Gasteiger partial charge in [-0.3, -0.25) is 4.79 Å². The fourth-order valence-corrected chi connectivity index (χ4v) is 6.61. The number of fused-ring (bicyclic) bond motifs is 1. The van der Waals surface area contributed by atoms with Crippen molar-refractivity contribution in [3.05, 3.63) is 28.8 Å². The summed E-state index contributed by atoms with van der Waals surface area (Å²) in [6, 6.07) is 4.22. The molecule has 2 bridgehead atoms. The van der Waals surface area contributed by atoms with E-state index in [4.69, 9.17) is 9.84 Å². The number of aryl methyl sites for hydroxylation is 2. The van der Waals surface area contributed by atoms with E-state index in [1.165, 1.54) is 0 Å². The van der Waals surface area contributed by atoms with E-state index in [1.807, 2.05) is 13.8 Å². The zero-order chi connectivity index (χ0) is 20.3. The predicted octanol–water partition coefficient (Wildman–Crippen LogP) is 3.39. The van der Waals surface area contributed by atoms with Crippen LogP contribution in [-0.4, -0.2) is 35.4 Å². The fourth-order valence-electron chi connectivity index (χ4n) is 6.61. The van der Waals surface area contributed by atoms with Gasteiger partial charge in [-0.25, -0.2) is 0 Å². The lowest BCUT2D eigenvalue weighted by Crippen LogP contribution is -2.59. The van der Waals surface area contributed by atoms with E-state index in [2.05, 4.69) is 31.3 Å². The molecule has 5 nitrogen and oxygen atoms in total. The van der Waals surface area contributed by atoms with Gasteiger partial charge in [-0.15, -0.1) is 0 Å². The summed E-state index contributed by atoms with van der Waals surface area (Å²) in [4.78, 5) is 12.4. The van der Waals surface area contributed by atoms with Gasteiger partial charge in [0.1, 0.15) is 5.75 Å². The molecular formula is C23H33NO4. The number of amides is 1. The van der Waals surface area contributed by atoms with E-state index >= 15 is 0 Å². The van der Waals surface area contributed by atoms with Gasteiger partial charge in [0.2, 0.25) is 5.91 Å². The molecule has 0 aromatic heterocycles. The number of ether oxygens (including phenoxy) is 1. The Morgan fingerprint density at radius 2 is 1.96 bits per heavy atom. The van der Waals surface area contributed by atoms with Crippen molar-refractivity contribution in [3.8, 4) is 5.75 Å². The molecule has 1 heterocycles. The molecule has 2 saturated carbocycles. The van der Waals surface area contributed by atoms with Gasteiger partial charge in [0.05, 0.1) is 12.7 Å². The maximum Gasteiger partial charge on any atom is 0.222 e. The van der Waals surface area contributed by atoms with Crippen LogP contribution in [0.4, 0.5) is 0 Å². The third-order valence-electron chi connectivity index (χ3n) is 7.99. The summed E-state index contributed by atoms with van der Waals surface area (Å²) in [7, 11) is 0. The lowest BCUT2D eigenvalue weighted by molar-refractivity contribution is -0.137. The summed E-state index contributed by atoms with van der Waals surface area (Å²) in [5.41, 5.74) is 3.00. The Hall–Kier alpha value is -1.59. The average Bonchev–Trinajstić information content (AvgIpc) is 3.12. The van der Waals surface area contributed by atoms with Gasteiger partial charge in [0, 0.05) is 19.1 Å². The minimum absolute atomic E-state index is 0.00472. The zero-order valence-corrected chi connectivity index (χ0v) is 17.4. The summed E-state index contributed by atoms with van der Waals surface area (Å²) < 4.78 is 6.31. The van der Waals surface area contributed by atoms with Crippen molar-refractivity contribution in [2.45, 2.75) is 65.5 Å². The van der Waals surface area contributed by atoms with E-state index in [0.29, 0.717) is 24.2 Å². The molecule has 4 rings (SSSR count). The molecule has 3 fully saturated rings. The molecular weight excluding hydrogens is 354 g/mol. The molecule has 1 saturated heterocycles. The van der Waals surface area contributed by atoms with Crippen molar-refractivity contribution in [1.29, 1.82) is 0 Å². The Balaban J connectivity index is 1.69. The number of hydrogen-bond donors (Lipinski definition) is 3. The number of phenols is 1. The second-order valence-corrected chi connectivity index (χ2v) is 9.82. The number of aliphatic hydroxyl groups excluding tert-OH is 1. The predicted molar refractivity (Wildman–Crippen MR) is 107 cm³/mol. The van der Waals surface area contributed by atoms with Crippen LogP contribution in [0.5, 0.6) is 5.75 Å². The Morgan fingerprint density at radius 3 is 2.61 bits per heavy atom. The minimum atomic E-state index is -0.114. The van der Waals surface area contributed by atoms with E-state index < -0.39 is 0 Å². The molecule has 0 unspecified atom stereocenters. The summed E-state index contributed by atoms with van der Waals surface area (Å²) in [6.45, 7) is 9.02. The Labute approximate surface area is 167 Å². The van der Waals surface area contributed by atoms with Gasteiger partial charge in [-0.1, -0.05) is 13.8 Å². The second kappa shape index (κ2) is 6.74. The van der Waals surface area contributed by atoms with Gasteiger partial charge in [-0.05, 0) is 84.6 Å². The van der Waals surface area contributed by atoms with Crippen LogP contribution in [0.3, 0.4) is 0 Å². The normalized spacial score (nSPS) is 35.6. The van der Waals surface area contributed by atoms with Crippen molar-refractivity contribution in [3.63, 3.8) is 0 Å². The van der Waals surface area contributed by atoms with Crippen molar-refractivity contribution in [2.24, 2.45) is 22.7 Å². The molecule has 3 N–H and O–H groups in total. The molecule has 5 atom stereocenters. The molecule has 1 aromatic rings. The summed E-state index contributed by atoms with van der Waals surface area (Å²) in [5, 5.41) is 22.6. The Kier molecular flexibility index (Phi) is 4.74. The third-order valence-corrected chi connectivity index (χ3v) is 7.99. The van der Waals surface area contributed by atoms with Crippen LogP contribution in [0.25, 0.3) is 0 Å². The van der Waals surface area contributed by atoms with Gasteiger partial charge in [-0.2, -0.15) is 0 Å². The van der Waals surface area contributed by atoms with Crippen LogP contribution < -0.4 is 5.32 Å². The molecule has 1 amide bonds. The molecule has 0 radical (unpaired) electrons. The van der Waals surface area contributed by atoms with Gasteiger partial charge < -0.3 is 20.3 Å². The molecule has 1 spiro atoms. The second-order valence-electron chi connectivity index (χ2n) is 9.82. The number of benzene rings is 1. The van der Waals surface area contributed by atoms with Crippen LogP contribution in [0.15, 0.2) is 12.1 Å². The molecule has 28 heavy (non-hydrogen) atoms. The lowest BCUT2D eigenvalue weighted by Gasteiger charge is -2.53. The number of hydrogen-bond acceptors (Lipinski definition) is 4. The SMILES string of the molecule is Cc1cc([C@H]2OCC[C@@]34C[C@@H](C[C@H]23)C(C)(C)[C@@H]4NC(=O)CCO)cc(C)c1O. The van der Waals surface area contributed by atoms with E-state index in [-0.39, 0.29) is 41.9 Å². The van der Waals surface area contributed by atoms with Crippen molar-refractivity contribution in [1.82, 2.24) is 5.32 Å². The highest BCUT2D eigenvalue weighted by molar-refractivity contribution is 5.76.